The molecule has 2 N–H and O–H groups in total. The number of hydrogen-bond acceptors (Lipinski definition) is 4. The third-order valence-corrected chi connectivity index (χ3v) is 4.03. The summed E-state index contributed by atoms with van der Waals surface area (Å²) in [6.45, 7) is 10.3. The van der Waals surface area contributed by atoms with E-state index in [0.29, 0.717) is 24.0 Å². The van der Waals surface area contributed by atoms with Crippen LogP contribution in [0.5, 0.6) is 0 Å². The van der Waals surface area contributed by atoms with Gasteiger partial charge in [-0.2, -0.15) is 0 Å². The Morgan fingerprint density at radius 2 is 1.56 bits per heavy atom. The molecule has 2 aliphatic heterocycles. The molecule has 4 unspecified atom stereocenters. The Labute approximate surface area is 111 Å². The molecule has 0 aromatic rings. The quantitative estimate of drug-likeness (QED) is 0.636. The van der Waals surface area contributed by atoms with E-state index >= 15 is 0 Å². The molecule has 4 heteroatoms. The van der Waals surface area contributed by atoms with Gasteiger partial charge >= 0.3 is 0 Å². The van der Waals surface area contributed by atoms with E-state index in [1.165, 1.54) is 12.8 Å². The highest BCUT2D eigenvalue weighted by Crippen LogP contribution is 2.34. The van der Waals surface area contributed by atoms with Crippen LogP contribution in [0.1, 0.15) is 26.7 Å². The van der Waals surface area contributed by atoms with Gasteiger partial charge in [-0.05, 0) is 19.5 Å². The maximum absolute atomic E-state index is 5.95. The first-order chi connectivity index (χ1) is 8.86. The molecule has 0 radical (unpaired) electrons. The van der Waals surface area contributed by atoms with E-state index in [0.717, 1.165) is 39.4 Å². The molecule has 4 nitrogen and oxygen atoms in total. The summed E-state index contributed by atoms with van der Waals surface area (Å²) in [7, 11) is 0. The summed E-state index contributed by atoms with van der Waals surface area (Å²) >= 11 is 0. The van der Waals surface area contributed by atoms with Crippen molar-refractivity contribution in [2.24, 2.45) is 11.8 Å². The molecule has 2 fully saturated rings. The first-order valence-corrected chi connectivity index (χ1v) is 7.51. The van der Waals surface area contributed by atoms with Crippen LogP contribution < -0.4 is 10.6 Å². The molecular weight excluding hydrogens is 228 g/mol. The van der Waals surface area contributed by atoms with E-state index in [-0.39, 0.29) is 0 Å². The second-order valence-corrected chi connectivity index (χ2v) is 5.48. The summed E-state index contributed by atoms with van der Waals surface area (Å²) in [5.74, 6) is 1.08. The van der Waals surface area contributed by atoms with Gasteiger partial charge in [-0.15, -0.1) is 0 Å². The molecule has 0 aromatic carbocycles. The lowest BCUT2D eigenvalue weighted by atomic mass is 9.96. The Kier molecular flexibility index (Phi) is 5.89. The summed E-state index contributed by atoms with van der Waals surface area (Å²) < 4.78 is 11.9. The highest BCUT2D eigenvalue weighted by molar-refractivity contribution is 4.95. The predicted octanol–water partition coefficient (Wildman–Crippen LogP) is 1.02. The minimum atomic E-state index is 0.321. The maximum atomic E-state index is 5.95. The third kappa shape index (κ3) is 3.44. The van der Waals surface area contributed by atoms with Gasteiger partial charge in [-0.1, -0.05) is 20.3 Å². The third-order valence-electron chi connectivity index (χ3n) is 4.03. The van der Waals surface area contributed by atoms with E-state index < -0.39 is 0 Å². The second-order valence-electron chi connectivity index (χ2n) is 5.48. The number of unbranched alkanes of at least 4 members (excludes halogenated alkanes) is 1. The van der Waals surface area contributed by atoms with Crippen LogP contribution >= 0.6 is 0 Å². The zero-order chi connectivity index (χ0) is 12.8. The largest absolute Gasteiger partial charge is 0.375 e. The summed E-state index contributed by atoms with van der Waals surface area (Å²) in [6.07, 6.45) is 3.15. The molecule has 0 spiro atoms. The fourth-order valence-electron chi connectivity index (χ4n) is 2.93. The lowest BCUT2D eigenvalue weighted by Crippen LogP contribution is -2.35. The Hall–Kier alpha value is -0.160. The van der Waals surface area contributed by atoms with E-state index in [4.69, 9.17) is 9.47 Å². The van der Waals surface area contributed by atoms with Crippen molar-refractivity contribution in [3.05, 3.63) is 0 Å². The lowest BCUT2D eigenvalue weighted by Gasteiger charge is -2.17. The van der Waals surface area contributed by atoms with Crippen molar-refractivity contribution in [1.29, 1.82) is 0 Å². The molecule has 0 aliphatic carbocycles. The van der Waals surface area contributed by atoms with Gasteiger partial charge in [-0.3, -0.25) is 0 Å². The molecule has 2 rings (SSSR count). The topological polar surface area (TPSA) is 42.5 Å². The smallest absolute Gasteiger partial charge is 0.0903 e. The Morgan fingerprint density at radius 1 is 0.944 bits per heavy atom. The van der Waals surface area contributed by atoms with Crippen LogP contribution in [0.2, 0.25) is 0 Å². The zero-order valence-electron chi connectivity index (χ0n) is 11.8. The highest BCUT2D eigenvalue weighted by Gasteiger charge is 2.46. The Morgan fingerprint density at radius 3 is 2.11 bits per heavy atom. The molecule has 4 atom stereocenters. The number of fused-ring (bicyclic) bond motifs is 1. The molecule has 0 saturated carbocycles. The average Bonchev–Trinajstić information content (AvgIpc) is 2.95. The van der Waals surface area contributed by atoms with E-state index in [2.05, 4.69) is 24.5 Å². The van der Waals surface area contributed by atoms with Gasteiger partial charge in [0.05, 0.1) is 25.4 Å². The summed E-state index contributed by atoms with van der Waals surface area (Å²) in [5, 5.41) is 6.93. The number of rotatable bonds is 8. The van der Waals surface area contributed by atoms with Crippen molar-refractivity contribution in [3.63, 3.8) is 0 Å². The van der Waals surface area contributed by atoms with Crippen molar-refractivity contribution in [2.45, 2.75) is 38.9 Å². The number of nitrogens with one attached hydrogen (secondary N) is 2. The average molecular weight is 256 g/mol. The van der Waals surface area contributed by atoms with E-state index in [1.54, 1.807) is 0 Å². The van der Waals surface area contributed by atoms with Gasteiger partial charge in [0.2, 0.25) is 0 Å². The minimum Gasteiger partial charge on any atom is -0.375 e. The number of hydrogen-bond donors (Lipinski definition) is 2. The maximum Gasteiger partial charge on any atom is 0.0903 e. The molecule has 0 amide bonds. The Balaban J connectivity index is 1.71. The minimum absolute atomic E-state index is 0.321. The van der Waals surface area contributed by atoms with Gasteiger partial charge in [0, 0.05) is 24.9 Å². The van der Waals surface area contributed by atoms with Crippen molar-refractivity contribution in [2.75, 3.05) is 39.4 Å². The van der Waals surface area contributed by atoms with Crippen LogP contribution in [0.15, 0.2) is 0 Å². The first kappa shape index (κ1) is 14.3. The van der Waals surface area contributed by atoms with E-state index in [9.17, 15) is 0 Å². The molecule has 106 valence electrons. The second kappa shape index (κ2) is 7.43. The monoisotopic (exact) mass is 256 g/mol. The molecular formula is C14H28N2O2. The van der Waals surface area contributed by atoms with Gasteiger partial charge in [0.1, 0.15) is 0 Å². The van der Waals surface area contributed by atoms with Crippen LogP contribution in [-0.2, 0) is 9.47 Å². The van der Waals surface area contributed by atoms with Crippen LogP contribution in [0.4, 0.5) is 0 Å². The molecule has 18 heavy (non-hydrogen) atoms. The molecule has 2 saturated heterocycles. The van der Waals surface area contributed by atoms with Gasteiger partial charge < -0.3 is 20.1 Å². The fourth-order valence-corrected chi connectivity index (χ4v) is 2.93. The van der Waals surface area contributed by atoms with Crippen molar-refractivity contribution >= 4 is 0 Å². The SMILES string of the molecule is CCCCNCC1COC2C(CNCC)COC12. The van der Waals surface area contributed by atoms with Crippen LogP contribution in [0.25, 0.3) is 0 Å². The van der Waals surface area contributed by atoms with E-state index in [1.807, 2.05) is 0 Å². The fraction of sp³-hybridized carbons (Fsp3) is 1.00. The first-order valence-electron chi connectivity index (χ1n) is 7.51. The Bertz CT molecular complexity index is 238. The van der Waals surface area contributed by atoms with Gasteiger partial charge in [0.15, 0.2) is 0 Å². The molecule has 2 heterocycles. The predicted molar refractivity (Wildman–Crippen MR) is 72.8 cm³/mol. The van der Waals surface area contributed by atoms with Gasteiger partial charge in [-0.25, -0.2) is 0 Å². The molecule has 0 bridgehead atoms. The zero-order valence-corrected chi connectivity index (χ0v) is 11.8. The van der Waals surface area contributed by atoms with Crippen molar-refractivity contribution in [3.8, 4) is 0 Å². The standard InChI is InChI=1S/C14H28N2O2/c1-3-5-6-16-8-12-10-18-13-11(7-15-4-2)9-17-14(12)13/h11-16H,3-10H2,1-2H3. The van der Waals surface area contributed by atoms with Crippen LogP contribution in [0.3, 0.4) is 0 Å². The summed E-state index contributed by atoms with van der Waals surface area (Å²) in [6, 6.07) is 0. The number of ether oxygens (including phenoxy) is 2. The summed E-state index contributed by atoms with van der Waals surface area (Å²) in [4.78, 5) is 0. The lowest BCUT2D eigenvalue weighted by molar-refractivity contribution is 0.0604. The highest BCUT2D eigenvalue weighted by atomic mass is 16.6. The van der Waals surface area contributed by atoms with Crippen molar-refractivity contribution in [1.82, 2.24) is 10.6 Å². The van der Waals surface area contributed by atoms with Crippen LogP contribution in [-0.4, -0.2) is 51.6 Å². The van der Waals surface area contributed by atoms with Crippen molar-refractivity contribution < 1.29 is 9.47 Å². The molecule has 0 aromatic heterocycles. The normalized spacial score (nSPS) is 35.0. The summed E-state index contributed by atoms with van der Waals surface area (Å²) in [5.41, 5.74) is 0. The molecule has 2 aliphatic rings. The van der Waals surface area contributed by atoms with Gasteiger partial charge in [0.25, 0.3) is 0 Å². The van der Waals surface area contributed by atoms with Crippen LogP contribution in [0, 0.1) is 11.8 Å².